The number of aliphatic hydroxyl groups excluding tert-OH is 2. The Hall–Kier alpha value is -1.52. The fraction of sp³-hybridized carbons (Fsp3) is 0.636. The Bertz CT molecular complexity index is 563. The average Bonchev–Trinajstić information content (AvgIpc) is 3.13. The number of aromatic amines is 1. The fourth-order valence-corrected chi connectivity index (χ4v) is 2.95. The number of aliphatic hydroxyl groups is 2. The van der Waals surface area contributed by atoms with Crippen LogP contribution in [0.5, 0.6) is 0 Å². The number of aliphatic imine (C=N–C) groups is 1. The molecule has 1 aromatic heterocycles. The van der Waals surface area contributed by atoms with E-state index in [2.05, 4.69) is 15.0 Å². The molecule has 0 amide bonds. The molecular weight excluding hydrogens is 266 g/mol. The number of rotatable bonds is 2. The highest BCUT2D eigenvalue weighted by Gasteiger charge is 2.62. The van der Waals surface area contributed by atoms with Gasteiger partial charge in [-0.1, -0.05) is 0 Å². The number of nitrogens with zero attached hydrogens (tertiary/aromatic N) is 3. The highest BCUT2D eigenvalue weighted by Crippen LogP contribution is 2.43. The van der Waals surface area contributed by atoms with Gasteiger partial charge in [-0.2, -0.15) is 0 Å². The van der Waals surface area contributed by atoms with Crippen LogP contribution in [0.15, 0.2) is 11.3 Å². The maximum absolute atomic E-state index is 10.2. The molecule has 4 heterocycles. The zero-order valence-corrected chi connectivity index (χ0v) is 10.5. The van der Waals surface area contributed by atoms with E-state index in [1.807, 2.05) is 0 Å². The zero-order valence-electron chi connectivity index (χ0n) is 10.5. The number of hydrogen-bond donors (Lipinski definition) is 4. The fourth-order valence-electron chi connectivity index (χ4n) is 2.95. The van der Waals surface area contributed by atoms with Crippen molar-refractivity contribution in [3.63, 3.8) is 0 Å². The zero-order chi connectivity index (χ0) is 13.9. The Morgan fingerprint density at radius 2 is 2.45 bits per heavy atom. The molecule has 5 atom stereocenters. The predicted octanol–water partition coefficient (Wildman–Crippen LogP) is -1.81. The summed E-state index contributed by atoms with van der Waals surface area (Å²) in [5.41, 5.74) is 5.68. The summed E-state index contributed by atoms with van der Waals surface area (Å²) in [7, 11) is 0. The lowest BCUT2D eigenvalue weighted by Crippen LogP contribution is -2.51. The second-order valence-corrected chi connectivity index (χ2v) is 5.22. The van der Waals surface area contributed by atoms with Crippen LogP contribution in [0.2, 0.25) is 0 Å². The van der Waals surface area contributed by atoms with Crippen molar-refractivity contribution in [1.82, 2.24) is 14.9 Å². The van der Waals surface area contributed by atoms with Gasteiger partial charge in [0.2, 0.25) is 0 Å². The van der Waals surface area contributed by atoms with Crippen molar-refractivity contribution in [2.24, 2.45) is 10.7 Å². The lowest BCUT2D eigenvalue weighted by molar-refractivity contribution is -0.198. The van der Waals surface area contributed by atoms with E-state index in [0.29, 0.717) is 11.5 Å². The van der Waals surface area contributed by atoms with Crippen LogP contribution in [0.1, 0.15) is 11.9 Å². The summed E-state index contributed by atoms with van der Waals surface area (Å²) in [5.74, 6) is 0.607. The molecule has 0 saturated carbocycles. The smallest absolute Gasteiger partial charge is 0.162 e. The molecule has 0 radical (unpaired) electrons. The van der Waals surface area contributed by atoms with E-state index in [0.717, 1.165) is 0 Å². The topological polar surface area (TPSA) is 129 Å². The van der Waals surface area contributed by atoms with E-state index in [-0.39, 0.29) is 13.2 Å². The molecule has 4 rings (SSSR count). The minimum atomic E-state index is -1.07. The molecule has 1 unspecified atom stereocenters. The van der Waals surface area contributed by atoms with E-state index >= 15 is 0 Å². The molecule has 3 aliphatic heterocycles. The first-order chi connectivity index (χ1) is 9.66. The highest BCUT2D eigenvalue weighted by molar-refractivity contribution is 5.65. The summed E-state index contributed by atoms with van der Waals surface area (Å²) >= 11 is 0. The van der Waals surface area contributed by atoms with Crippen molar-refractivity contribution < 1.29 is 19.7 Å². The first-order valence-electron chi connectivity index (χ1n) is 6.35. The normalized spacial score (nSPS) is 42.2. The van der Waals surface area contributed by atoms with Gasteiger partial charge in [-0.3, -0.25) is 0 Å². The summed E-state index contributed by atoms with van der Waals surface area (Å²) in [4.78, 5) is 12.9. The van der Waals surface area contributed by atoms with Gasteiger partial charge in [0.1, 0.15) is 29.7 Å². The van der Waals surface area contributed by atoms with Gasteiger partial charge in [0, 0.05) is 0 Å². The van der Waals surface area contributed by atoms with Crippen LogP contribution in [0.4, 0.5) is 5.82 Å². The number of hydrogen-bond acceptors (Lipinski definition) is 8. The molecule has 20 heavy (non-hydrogen) atoms. The molecule has 0 aliphatic carbocycles. The van der Waals surface area contributed by atoms with Crippen molar-refractivity contribution in [3.05, 3.63) is 12.0 Å². The van der Waals surface area contributed by atoms with E-state index in [1.54, 1.807) is 4.90 Å². The minimum absolute atomic E-state index is 0.166. The standard InChI is InChI=1S/C11H15N5O4/c12-8-5-9(14-3-13-5)15-4-16(8)10-6-7(18)11(1-17,20-10)2-19-6/h3-4,6-8,10,17-18H,1-2,12H2,(H,13,14)/t6-,7+,8?,10+,11+/m0/s1. The Balaban J connectivity index is 1.64. The van der Waals surface area contributed by atoms with Gasteiger partial charge < -0.3 is 35.3 Å². The number of fused-ring (bicyclic) bond motifs is 3. The molecule has 9 nitrogen and oxygen atoms in total. The molecule has 2 fully saturated rings. The van der Waals surface area contributed by atoms with Crippen LogP contribution in [0.3, 0.4) is 0 Å². The van der Waals surface area contributed by atoms with Gasteiger partial charge in [0.25, 0.3) is 0 Å². The summed E-state index contributed by atoms with van der Waals surface area (Å²) in [6, 6.07) is 0. The predicted molar refractivity (Wildman–Crippen MR) is 65.9 cm³/mol. The van der Waals surface area contributed by atoms with Crippen LogP contribution in [-0.2, 0) is 9.47 Å². The van der Waals surface area contributed by atoms with Gasteiger partial charge in [0.05, 0.1) is 25.9 Å². The van der Waals surface area contributed by atoms with Crippen LogP contribution in [-0.4, -0.2) is 68.7 Å². The van der Waals surface area contributed by atoms with Crippen molar-refractivity contribution in [2.75, 3.05) is 13.2 Å². The largest absolute Gasteiger partial charge is 0.393 e. The lowest BCUT2D eigenvalue weighted by Gasteiger charge is -2.38. The van der Waals surface area contributed by atoms with E-state index < -0.39 is 30.2 Å². The monoisotopic (exact) mass is 281 g/mol. The minimum Gasteiger partial charge on any atom is -0.393 e. The Morgan fingerprint density at radius 3 is 3.20 bits per heavy atom. The SMILES string of the molecule is NC1c2nc[nH]c2N=CN1[C@@H]1O[C@]2(CO)CO[C@H]1[C@H]2O. The number of H-pyrrole nitrogens is 1. The van der Waals surface area contributed by atoms with Crippen LogP contribution >= 0.6 is 0 Å². The maximum Gasteiger partial charge on any atom is 0.162 e. The molecule has 0 aromatic carbocycles. The van der Waals surface area contributed by atoms with E-state index in [4.69, 9.17) is 15.2 Å². The van der Waals surface area contributed by atoms with Crippen molar-refractivity contribution in [2.45, 2.75) is 30.2 Å². The molecule has 0 spiro atoms. The first kappa shape index (κ1) is 12.2. The van der Waals surface area contributed by atoms with Gasteiger partial charge in [-0.25, -0.2) is 9.98 Å². The lowest BCUT2D eigenvalue weighted by atomic mass is 10.0. The molecule has 3 aliphatic rings. The average molecular weight is 281 g/mol. The number of ether oxygens (including phenoxy) is 2. The van der Waals surface area contributed by atoms with E-state index in [9.17, 15) is 10.2 Å². The van der Waals surface area contributed by atoms with Gasteiger partial charge in [-0.15, -0.1) is 0 Å². The van der Waals surface area contributed by atoms with Crippen LogP contribution in [0, 0.1) is 0 Å². The highest BCUT2D eigenvalue weighted by atomic mass is 16.7. The number of aromatic nitrogens is 2. The van der Waals surface area contributed by atoms with Crippen molar-refractivity contribution in [3.8, 4) is 0 Å². The third-order valence-electron chi connectivity index (χ3n) is 4.14. The third kappa shape index (κ3) is 1.38. The molecule has 2 bridgehead atoms. The summed E-state index contributed by atoms with van der Waals surface area (Å²) in [6.45, 7) is -0.144. The Kier molecular flexibility index (Phi) is 2.44. The second kappa shape index (κ2) is 3.99. The molecule has 5 N–H and O–H groups in total. The number of imidazole rings is 1. The summed E-state index contributed by atoms with van der Waals surface area (Å²) < 4.78 is 11.3. The molecule has 9 heteroatoms. The molecular formula is C11H15N5O4. The molecule has 108 valence electrons. The van der Waals surface area contributed by atoms with Gasteiger partial charge in [0.15, 0.2) is 12.0 Å². The number of nitrogens with one attached hydrogen (secondary N) is 1. The first-order valence-corrected chi connectivity index (χ1v) is 6.35. The van der Waals surface area contributed by atoms with Gasteiger partial charge in [-0.05, 0) is 0 Å². The van der Waals surface area contributed by atoms with Crippen LogP contribution < -0.4 is 5.73 Å². The Labute approximate surface area is 114 Å². The third-order valence-corrected chi connectivity index (χ3v) is 4.14. The number of nitrogens with two attached hydrogens (primary N) is 1. The second-order valence-electron chi connectivity index (χ2n) is 5.22. The van der Waals surface area contributed by atoms with Crippen LogP contribution in [0.25, 0.3) is 0 Å². The van der Waals surface area contributed by atoms with Crippen molar-refractivity contribution in [1.29, 1.82) is 0 Å². The quantitative estimate of drug-likeness (QED) is 0.502. The molecule has 2 saturated heterocycles. The van der Waals surface area contributed by atoms with Crippen molar-refractivity contribution >= 4 is 12.2 Å². The summed E-state index contributed by atoms with van der Waals surface area (Å²) in [5, 5.41) is 19.6. The Morgan fingerprint density at radius 1 is 1.60 bits per heavy atom. The van der Waals surface area contributed by atoms with E-state index in [1.165, 1.54) is 12.7 Å². The summed E-state index contributed by atoms with van der Waals surface area (Å²) in [6.07, 6.45) is 0.448. The molecule has 1 aromatic rings. The van der Waals surface area contributed by atoms with Gasteiger partial charge >= 0.3 is 0 Å². The maximum atomic E-state index is 10.2.